The summed E-state index contributed by atoms with van der Waals surface area (Å²) >= 11 is 0. The van der Waals surface area contributed by atoms with E-state index in [-0.39, 0.29) is 12.2 Å². The number of allylic oxidation sites excluding steroid dienone is 2. The topological polar surface area (TPSA) is 73.6 Å². The zero-order chi connectivity index (χ0) is 20.4. The maximum atomic E-state index is 5.59. The van der Waals surface area contributed by atoms with E-state index in [9.17, 15) is 0 Å². The van der Waals surface area contributed by atoms with Crippen LogP contribution in [-0.4, -0.2) is 46.0 Å². The number of aryl methyl sites for hydroxylation is 2. The van der Waals surface area contributed by atoms with E-state index in [1.54, 1.807) is 26.6 Å². The largest absolute Gasteiger partial charge is 0.374 e. The van der Waals surface area contributed by atoms with Gasteiger partial charge in [-0.25, -0.2) is 4.98 Å². The van der Waals surface area contributed by atoms with Gasteiger partial charge in [0, 0.05) is 50.5 Å². The Labute approximate surface area is 170 Å². The number of anilines is 1. The summed E-state index contributed by atoms with van der Waals surface area (Å²) in [6, 6.07) is 5.99. The number of fused-ring (bicyclic) bond motifs is 1. The molecule has 1 N–H and O–H groups in total. The first kappa shape index (κ1) is 19.3. The third kappa shape index (κ3) is 3.79. The summed E-state index contributed by atoms with van der Waals surface area (Å²) in [7, 11) is 3.38. The Bertz CT molecular complexity index is 1070. The van der Waals surface area contributed by atoms with E-state index in [0.717, 1.165) is 39.6 Å². The molecule has 0 aliphatic heterocycles. The van der Waals surface area contributed by atoms with Gasteiger partial charge in [0.15, 0.2) is 5.65 Å². The molecule has 0 saturated heterocycles. The molecule has 3 aromatic rings. The third-order valence-electron chi connectivity index (χ3n) is 5.08. The second-order valence-electron chi connectivity index (χ2n) is 7.07. The molecule has 7 nitrogen and oxygen atoms in total. The van der Waals surface area contributed by atoms with Crippen LogP contribution in [0, 0.1) is 13.8 Å². The van der Waals surface area contributed by atoms with Gasteiger partial charge in [-0.05, 0) is 43.2 Å². The van der Waals surface area contributed by atoms with Crippen LogP contribution in [0.15, 0.2) is 48.8 Å². The highest BCUT2D eigenvalue weighted by Crippen LogP contribution is 2.30. The van der Waals surface area contributed by atoms with Gasteiger partial charge in [0.25, 0.3) is 0 Å². The molecule has 0 fully saturated rings. The Morgan fingerprint density at radius 1 is 1.10 bits per heavy atom. The molecule has 4 rings (SSSR count). The van der Waals surface area contributed by atoms with Gasteiger partial charge in [-0.1, -0.05) is 12.2 Å². The molecule has 2 atom stereocenters. The lowest BCUT2D eigenvalue weighted by Gasteiger charge is -2.23. The lowest BCUT2D eigenvalue weighted by molar-refractivity contribution is 0.0144. The van der Waals surface area contributed by atoms with E-state index in [0.29, 0.717) is 6.54 Å². The number of hydrogen-bond donors (Lipinski definition) is 1. The van der Waals surface area contributed by atoms with Crippen LogP contribution in [0.25, 0.3) is 11.2 Å². The fraction of sp³-hybridized carbons (Fsp3) is 0.318. The van der Waals surface area contributed by atoms with Crippen LogP contribution in [0.2, 0.25) is 0 Å². The minimum absolute atomic E-state index is 0.0989. The van der Waals surface area contributed by atoms with E-state index >= 15 is 0 Å². The van der Waals surface area contributed by atoms with Crippen molar-refractivity contribution < 1.29 is 9.47 Å². The maximum absolute atomic E-state index is 5.59. The molecule has 0 bridgehead atoms. The molecular weight excluding hydrogens is 366 g/mol. The van der Waals surface area contributed by atoms with Crippen molar-refractivity contribution in [2.75, 3.05) is 19.5 Å². The molecule has 150 valence electrons. The first-order chi connectivity index (χ1) is 14.1. The van der Waals surface area contributed by atoms with Gasteiger partial charge in [-0.2, -0.15) is 9.61 Å². The van der Waals surface area contributed by atoms with E-state index in [1.807, 2.05) is 42.6 Å². The summed E-state index contributed by atoms with van der Waals surface area (Å²) in [6.45, 7) is 4.68. The Hall–Kier alpha value is -3.03. The summed E-state index contributed by atoms with van der Waals surface area (Å²) in [6.07, 6.45) is 9.49. The molecule has 0 saturated carbocycles. The Kier molecular flexibility index (Phi) is 5.42. The first-order valence-electron chi connectivity index (χ1n) is 9.56. The highest BCUT2D eigenvalue weighted by molar-refractivity contribution is 5.85. The maximum Gasteiger partial charge on any atom is 0.165 e. The van der Waals surface area contributed by atoms with Gasteiger partial charge in [0.1, 0.15) is 18.0 Å². The molecule has 0 radical (unpaired) electrons. The predicted molar refractivity (Wildman–Crippen MR) is 113 cm³/mol. The quantitative estimate of drug-likeness (QED) is 0.695. The standard InChI is InChI=1S/C22H25N5O2/c1-14-11-20(24-13-16-7-9-23-10-8-16)27-22(25-14)21(15(2)26-27)17-5-6-18(28-3)19(12-17)29-4/h5-12,18-19,24H,13H2,1-4H3. The zero-order valence-electron chi connectivity index (χ0n) is 17.1. The lowest BCUT2D eigenvalue weighted by atomic mass is 9.96. The Balaban J connectivity index is 1.73. The highest BCUT2D eigenvalue weighted by atomic mass is 16.5. The molecule has 0 amide bonds. The van der Waals surface area contributed by atoms with Gasteiger partial charge in [0.2, 0.25) is 0 Å². The molecule has 1 aliphatic rings. The fourth-order valence-corrected chi connectivity index (χ4v) is 3.62. The van der Waals surface area contributed by atoms with E-state index < -0.39 is 0 Å². The van der Waals surface area contributed by atoms with E-state index in [4.69, 9.17) is 19.6 Å². The van der Waals surface area contributed by atoms with Crippen molar-refractivity contribution in [3.63, 3.8) is 0 Å². The van der Waals surface area contributed by atoms with Crippen molar-refractivity contribution in [2.45, 2.75) is 32.6 Å². The Morgan fingerprint density at radius 2 is 1.86 bits per heavy atom. The number of nitrogens with one attached hydrogen (secondary N) is 1. The minimum atomic E-state index is -0.150. The average Bonchev–Trinajstić information content (AvgIpc) is 3.07. The van der Waals surface area contributed by atoms with Crippen LogP contribution in [0.3, 0.4) is 0 Å². The van der Waals surface area contributed by atoms with E-state index in [2.05, 4.69) is 22.5 Å². The van der Waals surface area contributed by atoms with Gasteiger partial charge >= 0.3 is 0 Å². The molecule has 2 unspecified atom stereocenters. The minimum Gasteiger partial charge on any atom is -0.374 e. The summed E-state index contributed by atoms with van der Waals surface area (Å²) in [4.78, 5) is 8.85. The van der Waals surface area contributed by atoms with Crippen LogP contribution in [0.1, 0.15) is 22.5 Å². The monoisotopic (exact) mass is 391 g/mol. The zero-order valence-corrected chi connectivity index (χ0v) is 17.1. The lowest BCUT2D eigenvalue weighted by Crippen LogP contribution is -2.28. The van der Waals surface area contributed by atoms with Gasteiger partial charge in [0.05, 0.1) is 5.69 Å². The molecule has 0 aromatic carbocycles. The fourth-order valence-electron chi connectivity index (χ4n) is 3.62. The van der Waals surface area contributed by atoms with Crippen molar-refractivity contribution in [2.24, 2.45) is 0 Å². The highest BCUT2D eigenvalue weighted by Gasteiger charge is 2.24. The normalized spacial score (nSPS) is 18.8. The molecule has 29 heavy (non-hydrogen) atoms. The number of nitrogens with zero attached hydrogens (tertiary/aromatic N) is 4. The summed E-state index contributed by atoms with van der Waals surface area (Å²) in [5.41, 5.74) is 5.86. The average molecular weight is 391 g/mol. The van der Waals surface area contributed by atoms with Crippen molar-refractivity contribution in [3.05, 3.63) is 71.3 Å². The molecule has 3 aromatic heterocycles. The second kappa shape index (κ2) is 8.14. The first-order valence-corrected chi connectivity index (χ1v) is 9.56. The number of pyridine rings is 1. The van der Waals surface area contributed by atoms with E-state index in [1.165, 1.54) is 0 Å². The smallest absolute Gasteiger partial charge is 0.165 e. The summed E-state index contributed by atoms with van der Waals surface area (Å²) in [5, 5.41) is 8.24. The SMILES string of the molecule is COC1C=CC(c2c(C)nn3c(NCc4ccncc4)cc(C)nc23)=CC1OC. The predicted octanol–water partition coefficient (Wildman–Crippen LogP) is 3.34. The van der Waals surface area contributed by atoms with Gasteiger partial charge in [-0.3, -0.25) is 4.98 Å². The summed E-state index contributed by atoms with van der Waals surface area (Å²) in [5.74, 6) is 0.900. The van der Waals surface area contributed by atoms with Gasteiger partial charge in [-0.15, -0.1) is 0 Å². The van der Waals surface area contributed by atoms with Crippen molar-refractivity contribution in [1.82, 2.24) is 19.6 Å². The Morgan fingerprint density at radius 3 is 2.59 bits per heavy atom. The number of methoxy groups -OCH3 is 2. The number of rotatable bonds is 6. The second-order valence-corrected chi connectivity index (χ2v) is 7.07. The molecular formula is C22H25N5O2. The van der Waals surface area contributed by atoms with Crippen LogP contribution in [0.4, 0.5) is 5.82 Å². The summed E-state index contributed by atoms with van der Waals surface area (Å²) < 4.78 is 12.9. The third-order valence-corrected chi connectivity index (χ3v) is 5.08. The van der Waals surface area contributed by atoms with Crippen molar-refractivity contribution in [3.8, 4) is 0 Å². The van der Waals surface area contributed by atoms with Crippen LogP contribution in [0.5, 0.6) is 0 Å². The van der Waals surface area contributed by atoms with Crippen molar-refractivity contribution >= 4 is 17.0 Å². The molecule has 1 aliphatic carbocycles. The van der Waals surface area contributed by atoms with Crippen LogP contribution < -0.4 is 5.32 Å². The number of aromatic nitrogens is 4. The molecule has 3 heterocycles. The number of ether oxygens (including phenoxy) is 2. The van der Waals surface area contributed by atoms with Crippen LogP contribution in [-0.2, 0) is 16.0 Å². The van der Waals surface area contributed by atoms with Crippen molar-refractivity contribution in [1.29, 1.82) is 0 Å². The number of hydrogen-bond acceptors (Lipinski definition) is 6. The van der Waals surface area contributed by atoms with Gasteiger partial charge < -0.3 is 14.8 Å². The molecule has 7 heteroatoms. The van der Waals surface area contributed by atoms with Crippen LogP contribution >= 0.6 is 0 Å². The molecule has 0 spiro atoms.